The van der Waals surface area contributed by atoms with Crippen LogP contribution in [-0.2, 0) is 0 Å². The van der Waals surface area contributed by atoms with E-state index in [1.165, 1.54) is 23.2 Å². The average Bonchev–Trinajstić information content (AvgIpc) is 3.78. The molecule has 2 aromatic carbocycles. The van der Waals surface area contributed by atoms with Crippen LogP contribution in [0.15, 0.2) is 76.7 Å². The van der Waals surface area contributed by atoms with E-state index in [9.17, 15) is 14.4 Å². The number of anilines is 1. The Hall–Kier alpha value is -4.50. The second-order valence-electron chi connectivity index (χ2n) is 9.71. The molecule has 0 saturated heterocycles. The minimum absolute atomic E-state index is 0.244. The van der Waals surface area contributed by atoms with Crippen molar-refractivity contribution >= 4 is 45.1 Å². The molecule has 0 unspecified atom stereocenters. The summed E-state index contributed by atoms with van der Waals surface area (Å²) >= 11 is 7.06. The summed E-state index contributed by atoms with van der Waals surface area (Å²) in [5.41, 5.74) is 1.12. The second kappa shape index (κ2) is 9.99. The van der Waals surface area contributed by atoms with E-state index in [4.69, 9.17) is 11.6 Å². The summed E-state index contributed by atoms with van der Waals surface area (Å²) in [4.78, 5) is 51.4. The molecular weight excluding hydrogens is 516 g/mol. The second-order valence-corrected chi connectivity index (χ2v) is 10.1. The summed E-state index contributed by atoms with van der Waals surface area (Å²) in [6.45, 7) is 2.42. The predicted octanol–water partition coefficient (Wildman–Crippen LogP) is 4.59. The molecule has 1 aliphatic rings. The third-order valence-corrected chi connectivity index (χ3v) is 7.40. The highest BCUT2D eigenvalue weighted by Crippen LogP contribution is 2.34. The number of rotatable bonds is 7. The fourth-order valence-corrected chi connectivity index (χ4v) is 5.28. The third kappa shape index (κ3) is 4.55. The molecule has 39 heavy (non-hydrogen) atoms. The van der Waals surface area contributed by atoms with Crippen molar-refractivity contribution in [1.29, 1.82) is 0 Å². The smallest absolute Gasteiger partial charge is 0.264 e. The molecule has 3 heterocycles. The number of para-hydroxylation sites is 1. The summed E-state index contributed by atoms with van der Waals surface area (Å²) in [6, 6.07) is 15.1. The molecule has 1 saturated carbocycles. The van der Waals surface area contributed by atoms with Gasteiger partial charge in [-0.1, -0.05) is 41.9 Å². The highest BCUT2D eigenvalue weighted by molar-refractivity contribution is 6.36. The fraction of sp³-hybridized carbons (Fsp3) is 0.207. The number of hydrogen-bond donors (Lipinski definition) is 3. The summed E-state index contributed by atoms with van der Waals surface area (Å²) < 4.78 is 1.52. The highest BCUT2D eigenvalue weighted by atomic mass is 35.5. The van der Waals surface area contributed by atoms with E-state index in [-0.39, 0.29) is 27.8 Å². The SMILES string of the molecule is C[C@H](Nc1ncnc2[nH]ccc(=O)c12)c1c(Cl)c2cccc(C(=O)NCC3CC3)c2c(=O)n1-c1ccccc1. The Labute approximate surface area is 227 Å². The number of hydrogen-bond acceptors (Lipinski definition) is 6. The number of halogens is 1. The number of amides is 1. The summed E-state index contributed by atoms with van der Waals surface area (Å²) in [6.07, 6.45) is 5.08. The van der Waals surface area contributed by atoms with Gasteiger partial charge >= 0.3 is 0 Å². The normalized spacial score (nSPS) is 13.9. The van der Waals surface area contributed by atoms with Crippen LogP contribution in [0.4, 0.5) is 5.82 Å². The lowest BCUT2D eigenvalue weighted by Crippen LogP contribution is -2.30. The molecule has 0 bridgehead atoms. The molecule has 1 fully saturated rings. The van der Waals surface area contributed by atoms with Crippen LogP contribution in [0.2, 0.25) is 5.02 Å². The molecule has 3 aromatic heterocycles. The van der Waals surface area contributed by atoms with Crippen molar-refractivity contribution in [3.63, 3.8) is 0 Å². The molecule has 0 radical (unpaired) electrons. The van der Waals surface area contributed by atoms with Gasteiger partial charge in [0.1, 0.15) is 23.2 Å². The van der Waals surface area contributed by atoms with Gasteiger partial charge in [0.2, 0.25) is 0 Å². The van der Waals surface area contributed by atoms with Gasteiger partial charge in [0, 0.05) is 29.9 Å². The lowest BCUT2D eigenvalue weighted by atomic mass is 10.0. The number of aromatic amines is 1. The summed E-state index contributed by atoms with van der Waals surface area (Å²) in [7, 11) is 0. The predicted molar refractivity (Wildman–Crippen MR) is 152 cm³/mol. The topological polar surface area (TPSA) is 122 Å². The Morgan fingerprint density at radius 1 is 1.08 bits per heavy atom. The Bertz CT molecular complexity index is 1840. The lowest BCUT2D eigenvalue weighted by Gasteiger charge is -2.24. The number of carbonyl (C=O) groups excluding carboxylic acids is 1. The molecule has 5 aromatic rings. The van der Waals surface area contributed by atoms with E-state index >= 15 is 0 Å². The molecule has 6 rings (SSSR count). The number of carbonyl (C=O) groups is 1. The van der Waals surface area contributed by atoms with Crippen LogP contribution in [0.5, 0.6) is 0 Å². The van der Waals surface area contributed by atoms with E-state index in [1.807, 2.05) is 25.1 Å². The molecule has 1 aliphatic carbocycles. The van der Waals surface area contributed by atoms with Gasteiger partial charge in [0.05, 0.1) is 27.7 Å². The summed E-state index contributed by atoms with van der Waals surface area (Å²) in [5, 5.41) is 7.57. The Kier molecular flexibility index (Phi) is 6.36. The quantitative estimate of drug-likeness (QED) is 0.277. The van der Waals surface area contributed by atoms with Crippen LogP contribution in [0, 0.1) is 5.92 Å². The van der Waals surface area contributed by atoms with Gasteiger partial charge < -0.3 is 15.6 Å². The zero-order valence-corrected chi connectivity index (χ0v) is 21.8. The Balaban J connectivity index is 1.54. The monoisotopic (exact) mass is 540 g/mol. The van der Waals surface area contributed by atoms with Gasteiger partial charge in [-0.25, -0.2) is 9.97 Å². The van der Waals surface area contributed by atoms with Gasteiger partial charge in [0.25, 0.3) is 11.5 Å². The maximum Gasteiger partial charge on any atom is 0.264 e. The molecule has 1 amide bonds. The molecule has 10 heteroatoms. The lowest BCUT2D eigenvalue weighted by molar-refractivity contribution is 0.0953. The number of nitrogens with zero attached hydrogens (tertiary/aromatic N) is 3. The van der Waals surface area contributed by atoms with Crippen molar-refractivity contribution in [3.8, 4) is 5.69 Å². The van der Waals surface area contributed by atoms with Crippen molar-refractivity contribution in [1.82, 2.24) is 24.8 Å². The zero-order chi connectivity index (χ0) is 27.1. The molecule has 3 N–H and O–H groups in total. The van der Waals surface area contributed by atoms with Gasteiger partial charge in [0.15, 0.2) is 5.43 Å². The molecule has 0 aliphatic heterocycles. The molecule has 0 spiro atoms. The van der Waals surface area contributed by atoms with Gasteiger partial charge in [-0.2, -0.15) is 0 Å². The van der Waals surface area contributed by atoms with Crippen LogP contribution in [0.25, 0.3) is 27.5 Å². The Morgan fingerprint density at radius 3 is 2.64 bits per heavy atom. The molecule has 196 valence electrons. The van der Waals surface area contributed by atoms with Crippen molar-refractivity contribution in [2.24, 2.45) is 5.92 Å². The van der Waals surface area contributed by atoms with Crippen molar-refractivity contribution in [3.05, 3.63) is 104 Å². The number of H-pyrrole nitrogens is 1. The third-order valence-electron chi connectivity index (χ3n) is 7.00. The highest BCUT2D eigenvalue weighted by Gasteiger charge is 2.26. The first kappa shape index (κ1) is 24.8. The van der Waals surface area contributed by atoms with Crippen LogP contribution in [0.1, 0.15) is 41.9 Å². The van der Waals surface area contributed by atoms with E-state index in [0.717, 1.165) is 12.8 Å². The number of nitrogens with one attached hydrogen (secondary N) is 3. The number of pyridine rings is 2. The maximum atomic E-state index is 14.2. The minimum Gasteiger partial charge on any atom is -0.361 e. The van der Waals surface area contributed by atoms with E-state index < -0.39 is 6.04 Å². The number of fused-ring (bicyclic) bond motifs is 2. The first-order chi connectivity index (χ1) is 18.9. The van der Waals surface area contributed by atoms with E-state index in [2.05, 4.69) is 25.6 Å². The zero-order valence-electron chi connectivity index (χ0n) is 21.1. The van der Waals surface area contributed by atoms with Gasteiger partial charge in [-0.15, -0.1) is 0 Å². The first-order valence-electron chi connectivity index (χ1n) is 12.7. The van der Waals surface area contributed by atoms with E-state index in [1.54, 1.807) is 30.3 Å². The number of benzene rings is 2. The molecule has 1 atom stereocenters. The number of aromatic nitrogens is 4. The van der Waals surface area contributed by atoms with E-state index in [0.29, 0.717) is 51.1 Å². The van der Waals surface area contributed by atoms with Crippen LogP contribution in [0.3, 0.4) is 0 Å². The first-order valence-corrected chi connectivity index (χ1v) is 13.1. The standard InChI is InChI=1S/C29H25ClN6O3/c1-16(35-27-23-21(37)12-13-31-26(23)33-15-34-27)25-24(30)19-8-5-9-20(28(38)32-14-17-10-11-17)22(19)29(39)36(25)18-6-3-2-4-7-18/h2-9,12-13,15-17H,10-11,14H2,1H3,(H,32,38)(H2,31,33,34,35,37)/t16-/m0/s1. The van der Waals surface area contributed by atoms with Crippen LogP contribution < -0.4 is 21.6 Å². The van der Waals surface area contributed by atoms with Crippen molar-refractivity contribution in [2.45, 2.75) is 25.8 Å². The summed E-state index contributed by atoms with van der Waals surface area (Å²) in [5.74, 6) is 0.508. The van der Waals surface area contributed by atoms with Crippen molar-refractivity contribution in [2.75, 3.05) is 11.9 Å². The average molecular weight is 541 g/mol. The molecular formula is C29H25ClN6O3. The minimum atomic E-state index is -0.570. The van der Waals surface area contributed by atoms with Gasteiger partial charge in [-0.3, -0.25) is 19.0 Å². The van der Waals surface area contributed by atoms with Crippen LogP contribution >= 0.6 is 11.6 Å². The Morgan fingerprint density at radius 2 is 1.87 bits per heavy atom. The molecule has 9 nitrogen and oxygen atoms in total. The largest absolute Gasteiger partial charge is 0.361 e. The van der Waals surface area contributed by atoms with Crippen molar-refractivity contribution < 1.29 is 4.79 Å². The maximum absolute atomic E-state index is 14.2. The van der Waals surface area contributed by atoms with Gasteiger partial charge in [-0.05, 0) is 43.9 Å². The fourth-order valence-electron chi connectivity index (χ4n) is 4.87. The van der Waals surface area contributed by atoms with Crippen LogP contribution in [-0.4, -0.2) is 32.0 Å².